The molecular formula is C27H32N4O4. The molecule has 1 N–H and O–H groups in total. The van der Waals surface area contributed by atoms with Crippen LogP contribution in [-0.2, 0) is 20.8 Å². The minimum atomic E-state index is -0.740. The second-order valence-corrected chi connectivity index (χ2v) is 9.88. The average Bonchev–Trinajstić information content (AvgIpc) is 3.40. The number of nitrogens with zero attached hydrogens (tertiary/aromatic N) is 3. The molecule has 0 spiro atoms. The second-order valence-electron chi connectivity index (χ2n) is 9.88. The SMILES string of the molecule is Cc1ccc(C(=O)NC(CC(C)C)C(=O)N2CCC3C2C(=O)CN3C(=O)Cc2cccnc2)cc1. The van der Waals surface area contributed by atoms with Gasteiger partial charge in [0.15, 0.2) is 5.78 Å². The van der Waals surface area contributed by atoms with E-state index >= 15 is 0 Å². The molecule has 3 atom stereocenters. The highest BCUT2D eigenvalue weighted by molar-refractivity contribution is 6.01. The fourth-order valence-electron chi connectivity index (χ4n) is 5.01. The minimum absolute atomic E-state index is 0.00276. The van der Waals surface area contributed by atoms with Crippen molar-refractivity contribution in [3.63, 3.8) is 0 Å². The Kier molecular flexibility index (Phi) is 7.28. The molecule has 0 aliphatic carbocycles. The lowest BCUT2D eigenvalue weighted by atomic mass is 10.0. The molecule has 2 fully saturated rings. The Balaban J connectivity index is 1.47. The molecular weight excluding hydrogens is 444 g/mol. The topological polar surface area (TPSA) is 99.7 Å². The van der Waals surface area contributed by atoms with Gasteiger partial charge in [-0.3, -0.25) is 24.2 Å². The highest BCUT2D eigenvalue weighted by Gasteiger charge is 2.52. The van der Waals surface area contributed by atoms with Crippen LogP contribution in [0.4, 0.5) is 0 Å². The van der Waals surface area contributed by atoms with Gasteiger partial charge in [-0.1, -0.05) is 37.6 Å². The smallest absolute Gasteiger partial charge is 0.251 e. The molecule has 2 aliphatic heterocycles. The Morgan fingerprint density at radius 3 is 2.51 bits per heavy atom. The van der Waals surface area contributed by atoms with E-state index in [1.54, 1.807) is 40.4 Å². The Hall–Kier alpha value is -3.55. The molecule has 1 aromatic heterocycles. The van der Waals surface area contributed by atoms with E-state index in [-0.39, 0.29) is 48.4 Å². The van der Waals surface area contributed by atoms with Gasteiger partial charge in [-0.15, -0.1) is 0 Å². The summed E-state index contributed by atoms with van der Waals surface area (Å²) >= 11 is 0. The molecule has 184 valence electrons. The van der Waals surface area contributed by atoms with Crippen LogP contribution in [0.5, 0.6) is 0 Å². The number of aromatic nitrogens is 1. The molecule has 8 heteroatoms. The second kappa shape index (κ2) is 10.4. The molecule has 35 heavy (non-hydrogen) atoms. The average molecular weight is 477 g/mol. The Morgan fingerprint density at radius 1 is 1.11 bits per heavy atom. The molecule has 8 nitrogen and oxygen atoms in total. The van der Waals surface area contributed by atoms with E-state index in [0.29, 0.717) is 24.9 Å². The van der Waals surface area contributed by atoms with Crippen molar-refractivity contribution in [3.8, 4) is 0 Å². The summed E-state index contributed by atoms with van der Waals surface area (Å²) < 4.78 is 0. The quantitative estimate of drug-likeness (QED) is 0.660. The summed E-state index contributed by atoms with van der Waals surface area (Å²) in [5.74, 6) is -0.682. The van der Waals surface area contributed by atoms with Crippen LogP contribution >= 0.6 is 0 Å². The summed E-state index contributed by atoms with van der Waals surface area (Å²) in [6, 6.07) is 9.05. The minimum Gasteiger partial charge on any atom is -0.340 e. The number of carbonyl (C=O) groups is 4. The van der Waals surface area contributed by atoms with Gasteiger partial charge in [0.05, 0.1) is 19.0 Å². The van der Waals surface area contributed by atoms with Gasteiger partial charge in [-0.25, -0.2) is 0 Å². The highest BCUT2D eigenvalue weighted by atomic mass is 16.2. The number of ketones is 1. The van der Waals surface area contributed by atoms with Crippen LogP contribution in [-0.4, -0.2) is 69.5 Å². The van der Waals surface area contributed by atoms with E-state index in [0.717, 1.165) is 11.1 Å². The number of benzene rings is 1. The van der Waals surface area contributed by atoms with Crippen LogP contribution < -0.4 is 5.32 Å². The predicted molar refractivity (Wildman–Crippen MR) is 130 cm³/mol. The number of likely N-dealkylation sites (tertiary alicyclic amines) is 2. The molecule has 3 heterocycles. The number of hydrogen-bond donors (Lipinski definition) is 1. The number of nitrogens with one attached hydrogen (secondary N) is 1. The van der Waals surface area contributed by atoms with E-state index < -0.39 is 12.1 Å². The largest absolute Gasteiger partial charge is 0.340 e. The summed E-state index contributed by atoms with van der Waals surface area (Å²) in [4.78, 5) is 59.6. The maximum absolute atomic E-state index is 13.6. The van der Waals surface area contributed by atoms with Crippen molar-refractivity contribution in [1.29, 1.82) is 0 Å². The zero-order valence-corrected chi connectivity index (χ0v) is 20.4. The van der Waals surface area contributed by atoms with Gasteiger partial charge in [0, 0.05) is 24.5 Å². The Labute approximate surface area is 205 Å². The van der Waals surface area contributed by atoms with Gasteiger partial charge in [0.1, 0.15) is 12.1 Å². The summed E-state index contributed by atoms with van der Waals surface area (Å²) in [5.41, 5.74) is 2.32. The number of fused-ring (bicyclic) bond motifs is 1. The molecule has 0 radical (unpaired) electrons. The zero-order chi connectivity index (χ0) is 25.1. The van der Waals surface area contributed by atoms with Crippen LogP contribution in [0, 0.1) is 12.8 Å². The first-order valence-electron chi connectivity index (χ1n) is 12.1. The molecule has 0 bridgehead atoms. The van der Waals surface area contributed by atoms with Gasteiger partial charge in [-0.05, 0) is 49.4 Å². The summed E-state index contributed by atoms with van der Waals surface area (Å²) in [6.07, 6.45) is 4.46. The number of rotatable bonds is 7. The van der Waals surface area contributed by atoms with Crippen molar-refractivity contribution in [2.75, 3.05) is 13.1 Å². The third-order valence-electron chi connectivity index (χ3n) is 6.73. The lowest BCUT2D eigenvalue weighted by Crippen LogP contribution is -2.53. The maximum Gasteiger partial charge on any atom is 0.251 e. The van der Waals surface area contributed by atoms with Crippen LogP contribution in [0.2, 0.25) is 0 Å². The van der Waals surface area contributed by atoms with E-state index in [9.17, 15) is 19.2 Å². The van der Waals surface area contributed by atoms with Gasteiger partial charge >= 0.3 is 0 Å². The number of aryl methyl sites for hydroxylation is 1. The van der Waals surface area contributed by atoms with Crippen molar-refractivity contribution >= 4 is 23.5 Å². The van der Waals surface area contributed by atoms with Crippen molar-refractivity contribution in [1.82, 2.24) is 20.1 Å². The summed E-state index contributed by atoms with van der Waals surface area (Å²) in [5, 5.41) is 2.89. The number of Topliss-reactive ketones (excluding diaryl/α,β-unsaturated/α-hetero) is 1. The molecule has 3 amide bonds. The van der Waals surface area contributed by atoms with Crippen molar-refractivity contribution in [3.05, 3.63) is 65.5 Å². The van der Waals surface area contributed by atoms with Crippen LogP contribution in [0.1, 0.15) is 48.2 Å². The molecule has 2 saturated heterocycles. The first-order chi connectivity index (χ1) is 16.7. The monoisotopic (exact) mass is 476 g/mol. The van der Waals surface area contributed by atoms with Crippen molar-refractivity contribution < 1.29 is 19.2 Å². The van der Waals surface area contributed by atoms with Gasteiger partial charge in [-0.2, -0.15) is 0 Å². The van der Waals surface area contributed by atoms with Crippen LogP contribution in [0.3, 0.4) is 0 Å². The molecule has 1 aromatic carbocycles. The molecule has 2 aromatic rings. The molecule has 3 unspecified atom stereocenters. The standard InChI is InChI=1S/C27H32N4O4/c1-17(2)13-21(29-26(34)20-8-6-18(3)7-9-20)27(35)30-12-10-22-25(30)23(32)16-31(22)24(33)14-19-5-4-11-28-15-19/h4-9,11,15,17,21-22,25H,10,12-14,16H2,1-3H3,(H,29,34). The number of pyridine rings is 1. The first kappa shape index (κ1) is 24.6. The van der Waals surface area contributed by atoms with Gasteiger partial charge in [0.25, 0.3) is 5.91 Å². The van der Waals surface area contributed by atoms with Gasteiger partial charge in [0.2, 0.25) is 11.8 Å². The van der Waals surface area contributed by atoms with Crippen LogP contribution in [0.15, 0.2) is 48.8 Å². The third kappa shape index (κ3) is 5.42. The molecule has 0 saturated carbocycles. The fourth-order valence-corrected chi connectivity index (χ4v) is 5.01. The third-order valence-corrected chi connectivity index (χ3v) is 6.73. The Bertz CT molecular complexity index is 1100. The van der Waals surface area contributed by atoms with E-state index in [4.69, 9.17) is 0 Å². The highest BCUT2D eigenvalue weighted by Crippen LogP contribution is 2.31. The molecule has 2 aliphatic rings. The first-order valence-corrected chi connectivity index (χ1v) is 12.1. The number of hydrogen-bond acceptors (Lipinski definition) is 5. The van der Waals surface area contributed by atoms with E-state index in [1.165, 1.54) is 0 Å². The molecule has 4 rings (SSSR count). The lowest BCUT2D eigenvalue weighted by Gasteiger charge is -2.29. The lowest BCUT2D eigenvalue weighted by molar-refractivity contribution is -0.138. The maximum atomic E-state index is 13.6. The van der Waals surface area contributed by atoms with E-state index in [2.05, 4.69) is 10.3 Å². The summed E-state index contributed by atoms with van der Waals surface area (Å²) in [7, 11) is 0. The van der Waals surface area contributed by atoms with Gasteiger partial charge < -0.3 is 15.1 Å². The van der Waals surface area contributed by atoms with E-state index in [1.807, 2.05) is 39.0 Å². The fraction of sp³-hybridized carbons (Fsp3) is 0.444. The number of amides is 3. The predicted octanol–water partition coefficient (Wildman–Crippen LogP) is 2.16. The number of carbonyl (C=O) groups excluding carboxylic acids is 4. The van der Waals surface area contributed by atoms with Crippen molar-refractivity contribution in [2.24, 2.45) is 5.92 Å². The normalized spacial score (nSPS) is 20.2. The Morgan fingerprint density at radius 2 is 1.86 bits per heavy atom. The van der Waals surface area contributed by atoms with Crippen molar-refractivity contribution in [2.45, 2.75) is 58.2 Å². The zero-order valence-electron chi connectivity index (χ0n) is 20.4. The van der Waals surface area contributed by atoms with Crippen LogP contribution in [0.25, 0.3) is 0 Å². The summed E-state index contributed by atoms with van der Waals surface area (Å²) in [6.45, 7) is 6.31.